The Balaban J connectivity index is 0.000000273. The van der Waals surface area contributed by atoms with Crippen LogP contribution >= 0.6 is 0 Å². The summed E-state index contributed by atoms with van der Waals surface area (Å²) in [5.41, 5.74) is 0.804. The van der Waals surface area contributed by atoms with Crippen LogP contribution in [0.3, 0.4) is 0 Å². The van der Waals surface area contributed by atoms with Gasteiger partial charge in [0.1, 0.15) is 16.8 Å². The third-order valence-electron chi connectivity index (χ3n) is 2.44. The van der Waals surface area contributed by atoms with Crippen molar-refractivity contribution >= 4 is 40.7 Å². The van der Waals surface area contributed by atoms with Gasteiger partial charge in [-0.05, 0) is 0 Å². The molecule has 26 heavy (non-hydrogen) atoms. The molecule has 1 unspecified atom stereocenters. The van der Waals surface area contributed by atoms with Crippen LogP contribution in [0.5, 0.6) is 0 Å². The molecule has 14 heteroatoms. The van der Waals surface area contributed by atoms with Gasteiger partial charge < -0.3 is 0 Å². The molecule has 2 rings (SSSR count). The topological polar surface area (TPSA) is 127 Å². The van der Waals surface area contributed by atoms with E-state index in [-0.39, 0.29) is 15.6 Å². The predicted octanol–water partition coefficient (Wildman–Crippen LogP) is 1.06. The molecular weight excluding hydrogens is 446 g/mol. The minimum absolute atomic E-state index is 0.201. The molecule has 0 radical (unpaired) electrons. The third-order valence-corrected chi connectivity index (χ3v) is 6.00. The van der Waals surface area contributed by atoms with Crippen molar-refractivity contribution in [1.82, 2.24) is 5.48 Å². The van der Waals surface area contributed by atoms with Crippen molar-refractivity contribution in [1.29, 1.82) is 0 Å². The fourth-order valence-electron chi connectivity index (χ4n) is 1.36. The summed E-state index contributed by atoms with van der Waals surface area (Å²) >= 11 is -4.87. The van der Waals surface area contributed by atoms with Crippen LogP contribution in [0.1, 0.15) is 6.92 Å². The molecule has 0 bridgehead atoms. The van der Waals surface area contributed by atoms with E-state index in [9.17, 15) is 25.9 Å². The average Bonchev–Trinajstić information content (AvgIpc) is 3.10. The largest absolute Gasteiger partial charge is 0.421 e. The van der Waals surface area contributed by atoms with Crippen molar-refractivity contribution < 1.29 is 38.9 Å². The molecule has 1 heterocycles. The number of amides is 1. The minimum atomic E-state index is -4.55. The van der Waals surface area contributed by atoms with Crippen molar-refractivity contribution in [2.75, 3.05) is 0 Å². The second kappa shape index (κ2) is 9.59. The van der Waals surface area contributed by atoms with Crippen LogP contribution in [-0.4, -0.2) is 40.7 Å². The van der Waals surface area contributed by atoms with Gasteiger partial charge in [0.25, 0.3) is 0 Å². The van der Waals surface area contributed by atoms with E-state index in [0.29, 0.717) is 6.20 Å². The summed E-state index contributed by atoms with van der Waals surface area (Å²) in [6.07, 6.45) is -4.00. The predicted molar refractivity (Wildman–Crippen MR) is 83.3 cm³/mol. The number of rotatable bonds is 4. The van der Waals surface area contributed by atoms with E-state index in [2.05, 4.69) is 17.9 Å². The maximum Gasteiger partial charge on any atom is 0.421 e. The number of halogens is 3. The molecule has 0 saturated carbocycles. The number of nitrogens with zero attached hydrogens (tertiary/aromatic N) is 2. The molecule has 0 spiro atoms. The van der Waals surface area contributed by atoms with Gasteiger partial charge >= 0.3 is 94.8 Å². The molecule has 142 valence electrons. The van der Waals surface area contributed by atoms with E-state index in [0.717, 1.165) is 0 Å². The van der Waals surface area contributed by atoms with Crippen molar-refractivity contribution in [3.8, 4) is 0 Å². The van der Waals surface area contributed by atoms with E-state index < -0.39 is 36.8 Å². The first kappa shape index (κ1) is 22.0. The van der Waals surface area contributed by atoms with Gasteiger partial charge in [-0.15, -0.1) is 5.11 Å². The molecule has 1 aromatic carbocycles. The Hall–Kier alpha value is -2.05. The van der Waals surface area contributed by atoms with E-state index in [1.807, 2.05) is 5.48 Å². The molecule has 0 saturated heterocycles. The average molecular weight is 457 g/mol. The van der Waals surface area contributed by atoms with Crippen LogP contribution in [0.4, 0.5) is 13.2 Å². The fraction of sp³-hybridized carbons (Fsp3) is 0.167. The van der Waals surface area contributed by atoms with Gasteiger partial charge in [-0.1, -0.05) is 0 Å². The maximum absolute atomic E-state index is 11.8. The molecule has 0 aliphatic carbocycles. The van der Waals surface area contributed by atoms with Gasteiger partial charge in [0.05, 0.1) is 6.20 Å². The van der Waals surface area contributed by atoms with Crippen LogP contribution in [0.2, 0.25) is 0 Å². The number of alkyl halides is 3. The van der Waals surface area contributed by atoms with Gasteiger partial charge in [-0.25, -0.2) is 4.21 Å². The molecule has 2 N–H and O–H groups in total. The molecule has 1 atom stereocenters. The van der Waals surface area contributed by atoms with Crippen LogP contribution in [-0.2, 0) is 27.5 Å². The van der Waals surface area contributed by atoms with E-state index in [4.69, 9.17) is 5.26 Å². The first-order chi connectivity index (χ1) is 12.1. The zero-order valence-corrected chi connectivity index (χ0v) is 15.5. The van der Waals surface area contributed by atoms with Crippen molar-refractivity contribution in [3.05, 3.63) is 42.1 Å². The second-order valence-corrected chi connectivity index (χ2v) is 8.76. The minimum Gasteiger partial charge on any atom is -0.210 e. The summed E-state index contributed by atoms with van der Waals surface area (Å²) in [5, 5.41) is 14.5. The maximum atomic E-state index is 11.8. The van der Waals surface area contributed by atoms with Crippen LogP contribution in [0.15, 0.2) is 52.3 Å². The fourth-order valence-corrected chi connectivity index (χ4v) is 3.83. The molecule has 1 amide bonds. The zero-order chi connectivity index (χ0) is 19.8. The molecule has 1 aliphatic heterocycles. The Morgan fingerprint density at radius 1 is 1.31 bits per heavy atom. The summed E-state index contributed by atoms with van der Waals surface area (Å²) < 4.78 is 65.9. The second-order valence-electron chi connectivity index (χ2n) is 4.31. The van der Waals surface area contributed by atoms with Gasteiger partial charge in [0.15, 0.2) is 4.99 Å². The van der Waals surface area contributed by atoms with Crippen molar-refractivity contribution in [3.63, 3.8) is 0 Å². The van der Waals surface area contributed by atoms with Crippen LogP contribution < -0.4 is 9.83 Å². The number of benzene rings is 1. The van der Waals surface area contributed by atoms with E-state index in [1.54, 1.807) is 18.2 Å². The standard InChI is InChI=1S/C8H10AsNO5.C4HF3N2OS/c1-7(11)10-14-9(12,15-13)8-5-3-2-4-6-8;5-4(6,7)2-1-8-9-3(2)11-10/h2-6,13H,1H3,(H,10,11);1H. The summed E-state index contributed by atoms with van der Waals surface area (Å²) in [6, 6.07) is 7.87. The smallest absolute Gasteiger partial charge is 0.210 e. The number of hydroxylamine groups is 1. The van der Waals surface area contributed by atoms with Gasteiger partial charge in [0, 0.05) is 0 Å². The van der Waals surface area contributed by atoms with Crippen LogP contribution in [0, 0.1) is 0 Å². The number of hydrogen-bond donors (Lipinski definition) is 2. The number of hydrogen-bond acceptors (Lipinski definition) is 7. The molecule has 9 nitrogen and oxygen atoms in total. The van der Waals surface area contributed by atoms with Crippen molar-refractivity contribution in [2.45, 2.75) is 13.1 Å². The Kier molecular flexibility index (Phi) is 8.11. The van der Waals surface area contributed by atoms with Gasteiger partial charge in [0.2, 0.25) is 0 Å². The quantitative estimate of drug-likeness (QED) is 0.302. The number of carbonyl (C=O) groups excluding carboxylic acids is 1. The number of nitrogens with one attached hydrogen (secondary N) is 1. The van der Waals surface area contributed by atoms with Crippen LogP contribution in [0.25, 0.3) is 0 Å². The molecule has 1 aromatic rings. The summed E-state index contributed by atoms with van der Waals surface area (Å²) in [6.45, 7) is 1.18. The van der Waals surface area contributed by atoms with Crippen molar-refractivity contribution in [2.24, 2.45) is 10.2 Å². The van der Waals surface area contributed by atoms with Gasteiger partial charge in [-0.2, -0.15) is 18.3 Å². The molecular formula is C12H11AsF3N3O6S. The van der Waals surface area contributed by atoms with Gasteiger partial charge in [-0.3, -0.25) is 0 Å². The molecule has 1 aliphatic rings. The monoisotopic (exact) mass is 457 g/mol. The normalized spacial score (nSPS) is 15.4. The summed E-state index contributed by atoms with van der Waals surface area (Å²) in [7, 11) is 0. The zero-order valence-electron chi connectivity index (χ0n) is 12.8. The van der Waals surface area contributed by atoms with E-state index in [1.165, 1.54) is 19.1 Å². The first-order valence-electron chi connectivity index (χ1n) is 6.43. The van der Waals surface area contributed by atoms with E-state index >= 15 is 0 Å². The third kappa shape index (κ3) is 6.35. The Morgan fingerprint density at radius 3 is 2.35 bits per heavy atom. The Bertz CT molecular complexity index is 808. The Morgan fingerprint density at radius 2 is 1.92 bits per heavy atom. The first-order valence-corrected chi connectivity index (χ1v) is 10.4. The molecule has 0 aromatic heterocycles. The number of azo groups is 1. The SMILES string of the molecule is CC(=O)NO[As](=O)(OO)c1ccccc1.O=S=C1N=NC=C1C(F)(F)F. The summed E-state index contributed by atoms with van der Waals surface area (Å²) in [5.74, 6) is -0.537. The summed E-state index contributed by atoms with van der Waals surface area (Å²) in [4.78, 5) is 9.93. The number of carbonyl (C=O) groups is 1. The molecule has 0 fully saturated rings. The Labute approximate surface area is 150 Å².